The average molecular weight is 296 g/mol. The first-order valence-corrected chi connectivity index (χ1v) is 8.52. The molecule has 0 amide bonds. The van der Waals surface area contributed by atoms with Gasteiger partial charge < -0.3 is 0 Å². The van der Waals surface area contributed by atoms with Crippen molar-refractivity contribution >= 4 is 0 Å². The quantitative estimate of drug-likeness (QED) is 0.869. The fourth-order valence-electron chi connectivity index (χ4n) is 4.54. The van der Waals surface area contributed by atoms with Crippen molar-refractivity contribution in [1.29, 1.82) is 0 Å². The summed E-state index contributed by atoms with van der Waals surface area (Å²) in [5, 5.41) is 4.32. The summed E-state index contributed by atoms with van der Waals surface area (Å²) in [6.45, 7) is 5.14. The van der Waals surface area contributed by atoms with Gasteiger partial charge in [-0.25, -0.2) is 9.67 Å². The van der Waals surface area contributed by atoms with Crippen molar-refractivity contribution in [3.63, 3.8) is 0 Å². The Morgan fingerprint density at radius 2 is 2.09 bits per heavy atom. The van der Waals surface area contributed by atoms with Gasteiger partial charge in [-0.2, -0.15) is 5.10 Å². The summed E-state index contributed by atoms with van der Waals surface area (Å²) in [6, 6.07) is 11.1. The number of aryl methyl sites for hydroxylation is 1. The molecule has 1 aromatic carbocycles. The maximum absolute atomic E-state index is 4.48. The zero-order valence-electron chi connectivity index (χ0n) is 13.3. The average Bonchev–Trinajstić information content (AvgIpc) is 3.01. The van der Waals surface area contributed by atoms with Gasteiger partial charge in [0, 0.05) is 13.1 Å². The molecule has 1 saturated carbocycles. The maximum atomic E-state index is 4.48. The minimum Gasteiger partial charge on any atom is -0.285 e. The molecule has 116 valence electrons. The Morgan fingerprint density at radius 1 is 1.23 bits per heavy atom. The third kappa shape index (κ3) is 2.01. The van der Waals surface area contributed by atoms with Crippen LogP contribution in [0.3, 0.4) is 0 Å². The van der Waals surface area contributed by atoms with Gasteiger partial charge in [0.1, 0.15) is 12.2 Å². The number of hydrogen-bond donors (Lipinski definition) is 0. The molecule has 4 rings (SSSR count). The molecular formula is C18H24N4. The first-order chi connectivity index (χ1) is 10.8. The van der Waals surface area contributed by atoms with Gasteiger partial charge in [0.05, 0.1) is 12.1 Å². The van der Waals surface area contributed by atoms with Crippen LogP contribution in [0.15, 0.2) is 36.7 Å². The van der Waals surface area contributed by atoms with Crippen LogP contribution in [0.4, 0.5) is 0 Å². The Kier molecular flexibility index (Phi) is 3.49. The highest BCUT2D eigenvalue weighted by molar-refractivity contribution is 5.30. The molecule has 0 N–H and O–H groups in total. The van der Waals surface area contributed by atoms with Crippen molar-refractivity contribution in [3.05, 3.63) is 48.0 Å². The molecule has 2 fully saturated rings. The first-order valence-electron chi connectivity index (χ1n) is 8.52. The molecule has 4 nitrogen and oxygen atoms in total. The summed E-state index contributed by atoms with van der Waals surface area (Å²) in [5.74, 6) is 1.91. The number of rotatable bonds is 4. The van der Waals surface area contributed by atoms with E-state index in [-0.39, 0.29) is 5.54 Å². The van der Waals surface area contributed by atoms with Gasteiger partial charge in [-0.15, -0.1) is 0 Å². The Morgan fingerprint density at radius 3 is 2.86 bits per heavy atom. The molecule has 22 heavy (non-hydrogen) atoms. The van der Waals surface area contributed by atoms with Gasteiger partial charge in [0.15, 0.2) is 0 Å². The molecule has 0 unspecified atom stereocenters. The molecule has 2 heterocycles. The summed E-state index contributed by atoms with van der Waals surface area (Å²) in [5.41, 5.74) is 1.73. The van der Waals surface area contributed by atoms with E-state index in [1.54, 1.807) is 6.33 Å². The monoisotopic (exact) mass is 296 g/mol. The Hall–Kier alpha value is -1.68. The second-order valence-corrected chi connectivity index (χ2v) is 6.61. The van der Waals surface area contributed by atoms with E-state index < -0.39 is 0 Å². The van der Waals surface area contributed by atoms with E-state index in [4.69, 9.17) is 0 Å². The maximum Gasteiger partial charge on any atom is 0.141 e. The molecule has 1 saturated heterocycles. The van der Waals surface area contributed by atoms with Crippen LogP contribution >= 0.6 is 0 Å². The summed E-state index contributed by atoms with van der Waals surface area (Å²) in [7, 11) is 0. The fraction of sp³-hybridized carbons (Fsp3) is 0.556. The van der Waals surface area contributed by atoms with Gasteiger partial charge >= 0.3 is 0 Å². The van der Waals surface area contributed by atoms with E-state index in [0.717, 1.165) is 24.8 Å². The highest BCUT2D eigenvalue weighted by atomic mass is 15.4. The number of hydrogen-bond acceptors (Lipinski definition) is 3. The second kappa shape index (κ2) is 5.51. The van der Waals surface area contributed by atoms with E-state index in [0.29, 0.717) is 0 Å². The molecule has 1 aliphatic heterocycles. The molecule has 2 atom stereocenters. The lowest BCUT2D eigenvalue weighted by atomic mass is 9.62. The van der Waals surface area contributed by atoms with Crippen molar-refractivity contribution < 1.29 is 0 Å². The molecule has 1 aromatic heterocycles. The topological polar surface area (TPSA) is 34.0 Å². The lowest BCUT2D eigenvalue weighted by Crippen LogP contribution is -2.65. The zero-order valence-corrected chi connectivity index (χ0v) is 13.3. The van der Waals surface area contributed by atoms with Crippen LogP contribution in [-0.4, -0.2) is 26.2 Å². The number of aromatic nitrogens is 3. The predicted molar refractivity (Wildman–Crippen MR) is 86.2 cm³/mol. The fourth-order valence-corrected chi connectivity index (χ4v) is 4.54. The van der Waals surface area contributed by atoms with E-state index in [1.807, 2.05) is 4.68 Å². The Bertz CT molecular complexity index is 636. The van der Waals surface area contributed by atoms with Crippen LogP contribution in [0.2, 0.25) is 0 Å². The van der Waals surface area contributed by atoms with Gasteiger partial charge in [-0.05, 0) is 31.2 Å². The van der Waals surface area contributed by atoms with Crippen LogP contribution < -0.4 is 0 Å². The molecular weight excluding hydrogens is 272 g/mol. The largest absolute Gasteiger partial charge is 0.285 e. The smallest absolute Gasteiger partial charge is 0.141 e. The highest BCUT2D eigenvalue weighted by Gasteiger charge is 2.54. The van der Waals surface area contributed by atoms with Crippen molar-refractivity contribution in [2.24, 2.45) is 5.92 Å². The summed E-state index contributed by atoms with van der Waals surface area (Å²) >= 11 is 0. The second-order valence-electron chi connectivity index (χ2n) is 6.61. The third-order valence-corrected chi connectivity index (χ3v) is 5.64. The lowest BCUT2D eigenvalue weighted by Gasteiger charge is -2.61. The van der Waals surface area contributed by atoms with Gasteiger partial charge in [-0.3, -0.25) is 4.90 Å². The molecule has 2 aliphatic rings. The number of likely N-dealkylation sites (tertiary alicyclic amines) is 1. The standard InChI is InChI=1S/C18H24N4/c1-2-22-17(19-14-20-22)13-21-12-16-10-6-7-11-18(16,21)15-8-4-3-5-9-15/h3-5,8-9,14,16H,2,6-7,10-13H2,1H3/t16-,18+/m0/s1. The number of nitrogens with zero attached hydrogens (tertiary/aromatic N) is 4. The molecule has 0 radical (unpaired) electrons. The van der Waals surface area contributed by atoms with Crippen LogP contribution in [-0.2, 0) is 18.6 Å². The summed E-state index contributed by atoms with van der Waals surface area (Å²) in [4.78, 5) is 7.12. The van der Waals surface area contributed by atoms with Crippen LogP contribution in [0, 0.1) is 5.92 Å². The lowest BCUT2D eigenvalue weighted by molar-refractivity contribution is -0.123. The minimum absolute atomic E-state index is 0.240. The summed E-state index contributed by atoms with van der Waals surface area (Å²) < 4.78 is 2.02. The van der Waals surface area contributed by atoms with E-state index in [2.05, 4.69) is 52.2 Å². The number of benzene rings is 1. The van der Waals surface area contributed by atoms with E-state index >= 15 is 0 Å². The van der Waals surface area contributed by atoms with E-state index in [1.165, 1.54) is 37.8 Å². The summed E-state index contributed by atoms with van der Waals surface area (Å²) in [6.07, 6.45) is 7.06. The Balaban J connectivity index is 1.65. The molecule has 0 spiro atoms. The minimum atomic E-state index is 0.240. The Labute approximate surface area is 132 Å². The predicted octanol–water partition coefficient (Wildman–Crippen LogP) is 3.20. The van der Waals surface area contributed by atoms with Crippen molar-refractivity contribution in [1.82, 2.24) is 19.7 Å². The van der Waals surface area contributed by atoms with Crippen LogP contribution in [0.25, 0.3) is 0 Å². The zero-order chi connectivity index (χ0) is 15.0. The highest BCUT2D eigenvalue weighted by Crippen LogP contribution is 2.54. The van der Waals surface area contributed by atoms with Crippen molar-refractivity contribution in [2.75, 3.05) is 6.54 Å². The molecule has 0 bridgehead atoms. The van der Waals surface area contributed by atoms with Crippen LogP contribution in [0.5, 0.6) is 0 Å². The molecule has 1 aliphatic carbocycles. The first kappa shape index (κ1) is 13.9. The molecule has 2 aromatic rings. The third-order valence-electron chi connectivity index (χ3n) is 5.64. The number of fused-ring (bicyclic) bond motifs is 1. The van der Waals surface area contributed by atoms with Crippen LogP contribution in [0.1, 0.15) is 44.0 Å². The van der Waals surface area contributed by atoms with Gasteiger partial charge in [0.25, 0.3) is 0 Å². The molecule has 4 heteroatoms. The SMILES string of the molecule is CCn1ncnc1CN1C[C@@H]2CCCC[C@@]21c1ccccc1. The normalized spacial score (nSPS) is 28.1. The van der Waals surface area contributed by atoms with Crippen molar-refractivity contribution in [3.8, 4) is 0 Å². The van der Waals surface area contributed by atoms with Crippen molar-refractivity contribution in [2.45, 2.75) is 51.2 Å². The van der Waals surface area contributed by atoms with E-state index in [9.17, 15) is 0 Å². The van der Waals surface area contributed by atoms with Gasteiger partial charge in [0.2, 0.25) is 0 Å². The van der Waals surface area contributed by atoms with Gasteiger partial charge in [-0.1, -0.05) is 43.2 Å².